The van der Waals surface area contributed by atoms with Crippen LogP contribution < -0.4 is 0 Å². The van der Waals surface area contributed by atoms with Crippen molar-refractivity contribution in [2.45, 2.75) is 48.8 Å². The fourth-order valence-corrected chi connectivity index (χ4v) is 4.13. The van der Waals surface area contributed by atoms with Gasteiger partial charge in [-0.3, -0.25) is 0 Å². The van der Waals surface area contributed by atoms with Crippen molar-refractivity contribution >= 4 is 9.84 Å². The molecule has 0 saturated carbocycles. The van der Waals surface area contributed by atoms with Gasteiger partial charge in [0.15, 0.2) is 15.4 Å². The van der Waals surface area contributed by atoms with Crippen LogP contribution in [0, 0.1) is 11.8 Å². The molecule has 0 spiro atoms. The van der Waals surface area contributed by atoms with Gasteiger partial charge in [0.25, 0.3) is 0 Å². The molecule has 0 fully saturated rings. The predicted octanol–water partition coefficient (Wildman–Crippen LogP) is 3.25. The third-order valence-electron chi connectivity index (χ3n) is 3.60. The maximum atomic E-state index is 12.8. The highest BCUT2D eigenvalue weighted by Gasteiger charge is 2.46. The summed E-state index contributed by atoms with van der Waals surface area (Å²) in [7, 11) is -3.48. The molecule has 0 N–H and O–H groups in total. The van der Waals surface area contributed by atoms with E-state index in [1.54, 1.807) is 37.3 Å². The summed E-state index contributed by atoms with van der Waals surface area (Å²) in [4.78, 5) is 0.309. The van der Waals surface area contributed by atoms with E-state index >= 15 is 0 Å². The van der Waals surface area contributed by atoms with Crippen LogP contribution in [0.15, 0.2) is 45.5 Å². The molecule has 0 aliphatic carbocycles. The van der Waals surface area contributed by atoms with Gasteiger partial charge < -0.3 is 0 Å². The number of hydrogen-bond donors (Lipinski definition) is 0. The van der Waals surface area contributed by atoms with E-state index in [-0.39, 0.29) is 6.54 Å². The fraction of sp³-hybridized carbons (Fsp3) is 0.500. The molecular weight excluding hydrogens is 284 g/mol. The Kier molecular flexibility index (Phi) is 4.79. The molecule has 1 aromatic carbocycles. The van der Waals surface area contributed by atoms with Crippen molar-refractivity contribution < 1.29 is 8.42 Å². The number of hydrogen-bond acceptors (Lipinski definition) is 4. The van der Waals surface area contributed by atoms with Gasteiger partial charge in [0.2, 0.25) is 0 Å². The molecule has 2 atom stereocenters. The molecule has 0 amide bonds. The SMILES string of the molecule is CCCCC#C[C@@]1(C)N=NC[C@@H]1S(=O)(=O)c1ccccc1. The van der Waals surface area contributed by atoms with Gasteiger partial charge in [0.1, 0.15) is 5.25 Å². The average Bonchev–Trinajstić information content (AvgIpc) is 2.88. The van der Waals surface area contributed by atoms with Gasteiger partial charge in [-0.05, 0) is 25.5 Å². The summed E-state index contributed by atoms with van der Waals surface area (Å²) in [6.45, 7) is 4.03. The maximum Gasteiger partial charge on any atom is 0.186 e. The third kappa shape index (κ3) is 3.33. The van der Waals surface area contributed by atoms with Gasteiger partial charge in [-0.25, -0.2) is 8.42 Å². The Labute approximate surface area is 126 Å². The van der Waals surface area contributed by atoms with Crippen molar-refractivity contribution in [1.29, 1.82) is 0 Å². The second kappa shape index (κ2) is 6.40. The Morgan fingerprint density at radius 2 is 2.05 bits per heavy atom. The van der Waals surface area contributed by atoms with Crippen LogP contribution >= 0.6 is 0 Å². The molecule has 0 unspecified atom stereocenters. The molecule has 112 valence electrons. The molecule has 5 heteroatoms. The zero-order valence-electron chi connectivity index (χ0n) is 12.4. The molecule has 2 rings (SSSR count). The van der Waals surface area contributed by atoms with Crippen LogP contribution in [-0.4, -0.2) is 25.8 Å². The van der Waals surface area contributed by atoms with E-state index in [0.29, 0.717) is 4.90 Å². The Morgan fingerprint density at radius 3 is 2.71 bits per heavy atom. The van der Waals surface area contributed by atoms with Crippen LogP contribution in [0.2, 0.25) is 0 Å². The summed E-state index contributed by atoms with van der Waals surface area (Å²) < 4.78 is 25.5. The number of nitrogens with zero attached hydrogens (tertiary/aromatic N) is 2. The minimum Gasteiger partial charge on any atom is -0.223 e. The highest BCUT2D eigenvalue weighted by atomic mass is 32.2. The van der Waals surface area contributed by atoms with Crippen LogP contribution in [0.5, 0.6) is 0 Å². The second-order valence-corrected chi connectivity index (χ2v) is 7.45. The molecule has 21 heavy (non-hydrogen) atoms. The highest BCUT2D eigenvalue weighted by Crippen LogP contribution is 2.31. The van der Waals surface area contributed by atoms with E-state index in [4.69, 9.17) is 0 Å². The molecule has 1 aliphatic rings. The van der Waals surface area contributed by atoms with Crippen molar-refractivity contribution in [2.75, 3.05) is 6.54 Å². The van der Waals surface area contributed by atoms with Gasteiger partial charge in [-0.2, -0.15) is 10.2 Å². The first-order valence-corrected chi connectivity index (χ1v) is 8.73. The lowest BCUT2D eigenvalue weighted by molar-refractivity contribution is 0.547. The number of benzene rings is 1. The quantitative estimate of drug-likeness (QED) is 0.633. The predicted molar refractivity (Wildman–Crippen MR) is 82.8 cm³/mol. The largest absolute Gasteiger partial charge is 0.223 e. The molecule has 1 aliphatic heterocycles. The lowest BCUT2D eigenvalue weighted by Crippen LogP contribution is -2.40. The zero-order chi connectivity index (χ0) is 15.3. The first kappa shape index (κ1) is 15.7. The standard InChI is InChI=1S/C16H20N2O2S/c1-3-4-5-9-12-16(2)15(13-17-18-16)21(19,20)14-10-7-6-8-11-14/h6-8,10-11,15H,3-5,13H2,1-2H3/t15-,16+/m0/s1. The molecule has 0 saturated heterocycles. The van der Waals surface area contributed by atoms with Crippen molar-refractivity contribution in [1.82, 2.24) is 0 Å². The minimum absolute atomic E-state index is 0.177. The molecule has 1 heterocycles. The molecule has 1 aromatic rings. The van der Waals surface area contributed by atoms with Crippen LogP contribution in [-0.2, 0) is 9.84 Å². The van der Waals surface area contributed by atoms with E-state index < -0.39 is 20.6 Å². The minimum atomic E-state index is -3.48. The van der Waals surface area contributed by atoms with Crippen LogP contribution in [0.3, 0.4) is 0 Å². The monoisotopic (exact) mass is 304 g/mol. The second-order valence-electron chi connectivity index (χ2n) is 5.32. The van der Waals surface area contributed by atoms with Crippen molar-refractivity contribution in [3.63, 3.8) is 0 Å². The number of rotatable bonds is 4. The topological polar surface area (TPSA) is 58.9 Å². The lowest BCUT2D eigenvalue weighted by Gasteiger charge is -2.22. The third-order valence-corrected chi connectivity index (χ3v) is 5.88. The molecule has 0 radical (unpaired) electrons. The number of azo groups is 1. The van der Waals surface area contributed by atoms with E-state index in [2.05, 4.69) is 29.0 Å². The van der Waals surface area contributed by atoms with Crippen molar-refractivity contribution in [3.05, 3.63) is 30.3 Å². The van der Waals surface area contributed by atoms with Gasteiger partial charge in [0.05, 0.1) is 11.4 Å². The summed E-state index contributed by atoms with van der Waals surface area (Å²) >= 11 is 0. The Morgan fingerprint density at radius 1 is 1.33 bits per heavy atom. The summed E-state index contributed by atoms with van der Waals surface area (Å²) in [6, 6.07) is 8.46. The van der Waals surface area contributed by atoms with Crippen molar-refractivity contribution in [2.24, 2.45) is 10.2 Å². The molecular formula is C16H20N2O2S. The Balaban J connectivity index is 2.28. The lowest BCUT2D eigenvalue weighted by atomic mass is 10.0. The van der Waals surface area contributed by atoms with E-state index in [9.17, 15) is 8.42 Å². The highest BCUT2D eigenvalue weighted by molar-refractivity contribution is 7.92. The smallest absolute Gasteiger partial charge is 0.186 e. The molecule has 0 aromatic heterocycles. The maximum absolute atomic E-state index is 12.8. The summed E-state index contributed by atoms with van der Waals surface area (Å²) in [6.07, 6.45) is 2.84. The fourth-order valence-electron chi connectivity index (χ4n) is 2.29. The van der Waals surface area contributed by atoms with Crippen LogP contribution in [0.1, 0.15) is 33.1 Å². The zero-order valence-corrected chi connectivity index (χ0v) is 13.2. The molecule has 0 bridgehead atoms. The first-order valence-electron chi connectivity index (χ1n) is 7.18. The number of unbranched alkanes of at least 4 members (excludes halogenated alkanes) is 2. The number of sulfone groups is 1. The summed E-state index contributed by atoms with van der Waals surface area (Å²) in [5, 5.41) is 7.36. The van der Waals surface area contributed by atoms with Crippen molar-refractivity contribution in [3.8, 4) is 11.8 Å². The van der Waals surface area contributed by atoms with Crippen LogP contribution in [0.4, 0.5) is 0 Å². The van der Waals surface area contributed by atoms with E-state index in [1.165, 1.54) is 0 Å². The normalized spacial score (nSPS) is 24.6. The van der Waals surface area contributed by atoms with Gasteiger partial charge in [-0.15, -0.1) is 5.92 Å². The van der Waals surface area contributed by atoms with E-state index in [1.807, 2.05) is 0 Å². The Bertz CT molecular complexity index is 671. The van der Waals surface area contributed by atoms with Gasteiger partial charge in [-0.1, -0.05) is 37.5 Å². The average molecular weight is 304 g/mol. The van der Waals surface area contributed by atoms with Gasteiger partial charge >= 0.3 is 0 Å². The summed E-state index contributed by atoms with van der Waals surface area (Å²) in [5.41, 5.74) is -0.942. The Hall–Kier alpha value is -1.67. The van der Waals surface area contributed by atoms with Gasteiger partial charge in [0, 0.05) is 6.42 Å². The summed E-state index contributed by atoms with van der Waals surface area (Å²) in [5.74, 6) is 6.08. The molecule has 4 nitrogen and oxygen atoms in total. The van der Waals surface area contributed by atoms with Crippen LogP contribution in [0.25, 0.3) is 0 Å². The first-order chi connectivity index (χ1) is 10.0. The van der Waals surface area contributed by atoms with E-state index in [0.717, 1.165) is 19.3 Å².